The molecule has 0 unspecified atom stereocenters. The molecule has 0 aliphatic rings. The van der Waals surface area contributed by atoms with Crippen LogP contribution in [0.4, 0.5) is 4.39 Å². The van der Waals surface area contributed by atoms with Crippen LogP contribution in [0.5, 0.6) is 0 Å². The lowest BCUT2D eigenvalue weighted by molar-refractivity contribution is 0.526. The Bertz CT molecular complexity index is 487. The van der Waals surface area contributed by atoms with Crippen LogP contribution in [0.3, 0.4) is 0 Å². The molecule has 1 aromatic carbocycles. The van der Waals surface area contributed by atoms with Crippen LogP contribution in [0.25, 0.3) is 11.5 Å². The first-order valence-electron chi connectivity index (χ1n) is 4.05. The predicted octanol–water partition coefficient (Wildman–Crippen LogP) is 3.27. The minimum atomic E-state index is -0.528. The number of hydrogen-bond donors (Lipinski definition) is 0. The van der Waals surface area contributed by atoms with Crippen LogP contribution >= 0.6 is 23.2 Å². The lowest BCUT2D eigenvalue weighted by Gasteiger charge is -1.98. The molecule has 0 saturated heterocycles. The summed E-state index contributed by atoms with van der Waals surface area (Å²) in [6.45, 7) is 0. The van der Waals surface area contributed by atoms with E-state index in [2.05, 4.69) is 10.2 Å². The van der Waals surface area contributed by atoms with Crippen molar-refractivity contribution in [2.75, 3.05) is 0 Å². The quantitative estimate of drug-likeness (QED) is 0.764. The molecule has 6 heteroatoms. The molecule has 0 radical (unpaired) electrons. The van der Waals surface area contributed by atoms with Gasteiger partial charge in [0, 0.05) is 0 Å². The summed E-state index contributed by atoms with van der Waals surface area (Å²) in [4.78, 5) is 0. The third-order valence-corrected chi connectivity index (χ3v) is 2.38. The van der Waals surface area contributed by atoms with Crippen molar-refractivity contribution in [3.05, 3.63) is 34.9 Å². The van der Waals surface area contributed by atoms with Crippen molar-refractivity contribution in [2.24, 2.45) is 0 Å². The first-order valence-corrected chi connectivity index (χ1v) is 4.96. The summed E-state index contributed by atoms with van der Waals surface area (Å²) in [5.41, 5.74) is 0.362. The maximum absolute atomic E-state index is 13.1. The average Bonchev–Trinajstić information content (AvgIpc) is 2.70. The molecule has 1 aromatic heterocycles. The van der Waals surface area contributed by atoms with Crippen molar-refractivity contribution in [2.45, 2.75) is 5.88 Å². The van der Waals surface area contributed by atoms with Gasteiger partial charge in [0.25, 0.3) is 0 Å². The van der Waals surface area contributed by atoms with E-state index >= 15 is 0 Å². The van der Waals surface area contributed by atoms with E-state index in [-0.39, 0.29) is 22.7 Å². The minimum Gasteiger partial charge on any atom is -0.419 e. The first kappa shape index (κ1) is 10.4. The standard InChI is InChI=1S/C9H5Cl2FN2O/c10-4-7-13-14-9(15-7)5-2-1-3-6(12)8(5)11/h1-3H,4H2. The number of nitrogens with zero attached hydrogens (tertiary/aromatic N) is 2. The second kappa shape index (κ2) is 4.16. The maximum Gasteiger partial charge on any atom is 0.249 e. The Morgan fingerprint density at radius 2 is 2.13 bits per heavy atom. The highest BCUT2D eigenvalue weighted by atomic mass is 35.5. The van der Waals surface area contributed by atoms with Crippen LogP contribution in [0.2, 0.25) is 5.02 Å². The molecular formula is C9H5Cl2FN2O. The van der Waals surface area contributed by atoms with Gasteiger partial charge >= 0.3 is 0 Å². The molecule has 15 heavy (non-hydrogen) atoms. The highest BCUT2D eigenvalue weighted by Crippen LogP contribution is 2.28. The molecule has 0 N–H and O–H groups in total. The van der Waals surface area contributed by atoms with Gasteiger partial charge in [-0.25, -0.2) is 4.39 Å². The van der Waals surface area contributed by atoms with Gasteiger partial charge in [-0.2, -0.15) is 0 Å². The molecule has 0 bridgehead atoms. The van der Waals surface area contributed by atoms with Gasteiger partial charge in [0.05, 0.1) is 10.6 Å². The molecule has 2 rings (SSSR count). The monoisotopic (exact) mass is 246 g/mol. The van der Waals surface area contributed by atoms with Gasteiger partial charge in [-0.1, -0.05) is 17.7 Å². The van der Waals surface area contributed by atoms with Crippen molar-refractivity contribution in [3.8, 4) is 11.5 Å². The van der Waals surface area contributed by atoms with Crippen molar-refractivity contribution >= 4 is 23.2 Å². The molecule has 0 spiro atoms. The van der Waals surface area contributed by atoms with Gasteiger partial charge in [-0.05, 0) is 12.1 Å². The summed E-state index contributed by atoms with van der Waals surface area (Å²) in [5.74, 6) is 0.0156. The van der Waals surface area contributed by atoms with E-state index in [4.69, 9.17) is 27.6 Å². The number of aromatic nitrogens is 2. The molecule has 0 fully saturated rings. The average molecular weight is 247 g/mol. The zero-order chi connectivity index (χ0) is 10.8. The summed E-state index contributed by atoms with van der Waals surface area (Å²) in [7, 11) is 0. The maximum atomic E-state index is 13.1. The summed E-state index contributed by atoms with van der Waals surface area (Å²) in [6, 6.07) is 4.36. The number of hydrogen-bond acceptors (Lipinski definition) is 3. The van der Waals surface area contributed by atoms with Crippen LogP contribution in [-0.4, -0.2) is 10.2 Å². The van der Waals surface area contributed by atoms with Crippen LogP contribution < -0.4 is 0 Å². The second-order valence-electron chi connectivity index (χ2n) is 2.74. The van der Waals surface area contributed by atoms with Gasteiger partial charge in [0.1, 0.15) is 11.7 Å². The Morgan fingerprint density at radius 3 is 2.80 bits per heavy atom. The molecule has 0 aliphatic carbocycles. The summed E-state index contributed by atoms with van der Waals surface area (Å²) in [5, 5.41) is 7.32. The molecule has 0 saturated carbocycles. The Balaban J connectivity index is 2.49. The third-order valence-electron chi connectivity index (χ3n) is 1.76. The van der Waals surface area contributed by atoms with E-state index in [0.29, 0.717) is 5.56 Å². The Labute approximate surface area is 94.8 Å². The van der Waals surface area contributed by atoms with Crippen LogP contribution in [0.1, 0.15) is 5.89 Å². The summed E-state index contributed by atoms with van der Waals surface area (Å²) >= 11 is 11.2. The fraction of sp³-hybridized carbons (Fsp3) is 0.111. The van der Waals surface area contributed by atoms with Crippen molar-refractivity contribution in [3.63, 3.8) is 0 Å². The summed E-state index contributed by atoms with van der Waals surface area (Å²) in [6.07, 6.45) is 0. The number of halogens is 3. The van der Waals surface area contributed by atoms with Crippen LogP contribution in [0, 0.1) is 5.82 Å². The van der Waals surface area contributed by atoms with E-state index in [1.165, 1.54) is 12.1 Å². The molecule has 0 atom stereocenters. The number of rotatable bonds is 2. The smallest absolute Gasteiger partial charge is 0.249 e. The predicted molar refractivity (Wildman–Crippen MR) is 54.3 cm³/mol. The summed E-state index contributed by atoms with van der Waals surface area (Å²) < 4.78 is 18.3. The largest absolute Gasteiger partial charge is 0.419 e. The number of benzene rings is 1. The molecule has 0 amide bonds. The highest BCUT2D eigenvalue weighted by molar-refractivity contribution is 6.33. The van der Waals surface area contributed by atoms with Crippen molar-refractivity contribution < 1.29 is 8.81 Å². The van der Waals surface area contributed by atoms with Gasteiger partial charge in [0.15, 0.2) is 0 Å². The molecule has 3 nitrogen and oxygen atoms in total. The van der Waals surface area contributed by atoms with E-state index in [1.807, 2.05) is 0 Å². The fourth-order valence-electron chi connectivity index (χ4n) is 1.09. The zero-order valence-corrected chi connectivity index (χ0v) is 8.89. The van der Waals surface area contributed by atoms with Crippen molar-refractivity contribution in [1.82, 2.24) is 10.2 Å². The fourth-order valence-corrected chi connectivity index (χ4v) is 1.40. The molecule has 1 heterocycles. The Kier molecular flexibility index (Phi) is 2.88. The zero-order valence-electron chi connectivity index (χ0n) is 7.38. The van der Waals surface area contributed by atoms with E-state index < -0.39 is 5.82 Å². The lowest BCUT2D eigenvalue weighted by atomic mass is 10.2. The van der Waals surface area contributed by atoms with E-state index in [0.717, 1.165) is 0 Å². The first-order chi connectivity index (χ1) is 7.22. The molecule has 0 aliphatic heterocycles. The topological polar surface area (TPSA) is 38.9 Å². The van der Waals surface area contributed by atoms with Gasteiger partial charge in [-0.15, -0.1) is 21.8 Å². The molecular weight excluding hydrogens is 242 g/mol. The lowest BCUT2D eigenvalue weighted by Crippen LogP contribution is -1.83. The van der Waals surface area contributed by atoms with Crippen molar-refractivity contribution in [1.29, 1.82) is 0 Å². The Hall–Kier alpha value is -1.13. The van der Waals surface area contributed by atoms with Crippen LogP contribution in [-0.2, 0) is 5.88 Å². The second-order valence-corrected chi connectivity index (χ2v) is 3.38. The normalized spacial score (nSPS) is 10.6. The SMILES string of the molecule is Fc1cccc(-c2nnc(CCl)o2)c1Cl. The minimum absolute atomic E-state index is 0.0396. The van der Waals surface area contributed by atoms with Crippen LogP contribution in [0.15, 0.2) is 22.6 Å². The molecule has 2 aromatic rings. The van der Waals surface area contributed by atoms with Gasteiger partial charge in [0.2, 0.25) is 11.8 Å². The highest BCUT2D eigenvalue weighted by Gasteiger charge is 2.13. The Morgan fingerprint density at radius 1 is 1.33 bits per heavy atom. The van der Waals surface area contributed by atoms with Gasteiger partial charge in [-0.3, -0.25) is 0 Å². The molecule has 78 valence electrons. The van der Waals surface area contributed by atoms with E-state index in [9.17, 15) is 4.39 Å². The van der Waals surface area contributed by atoms with Gasteiger partial charge < -0.3 is 4.42 Å². The number of alkyl halides is 1. The van der Waals surface area contributed by atoms with E-state index in [1.54, 1.807) is 6.07 Å². The third kappa shape index (κ3) is 1.96.